The molecule has 0 spiro atoms. The van der Waals surface area contributed by atoms with Gasteiger partial charge in [0.1, 0.15) is 18.6 Å². The number of rotatable bonds is 7. The molecule has 0 aliphatic carbocycles. The standard InChI is InChI=1S/C20H24FN9O2S/c1-27-5-3-18(26-27)33(31,32)29-8-6-28(7-9-29)13-16(10-21)30-12-15(11-25-30)19-17-2-4-22-20(17)24-14-23-19/h2-5,11-12,14,16H,6-10,13H2,1H3,(H,22,23,24). The molecule has 11 nitrogen and oxygen atoms in total. The van der Waals surface area contributed by atoms with E-state index in [9.17, 15) is 12.8 Å². The van der Waals surface area contributed by atoms with E-state index in [1.54, 1.807) is 36.5 Å². The summed E-state index contributed by atoms with van der Waals surface area (Å²) in [5.74, 6) is 0. The van der Waals surface area contributed by atoms with Crippen molar-refractivity contribution < 1.29 is 12.8 Å². The topological polar surface area (TPSA) is 118 Å². The van der Waals surface area contributed by atoms with Crippen LogP contribution in [-0.2, 0) is 17.1 Å². The van der Waals surface area contributed by atoms with Crippen LogP contribution < -0.4 is 0 Å². The van der Waals surface area contributed by atoms with Crippen molar-refractivity contribution in [1.82, 2.24) is 43.7 Å². The lowest BCUT2D eigenvalue weighted by molar-refractivity contribution is 0.151. The smallest absolute Gasteiger partial charge is 0.262 e. The van der Waals surface area contributed by atoms with Gasteiger partial charge in [-0.15, -0.1) is 0 Å². The van der Waals surface area contributed by atoms with Crippen LogP contribution in [0.25, 0.3) is 22.3 Å². The number of aromatic nitrogens is 7. The molecule has 13 heteroatoms. The zero-order valence-corrected chi connectivity index (χ0v) is 18.9. The number of sulfonamides is 1. The van der Waals surface area contributed by atoms with Crippen LogP contribution in [0.1, 0.15) is 6.04 Å². The molecular weight excluding hydrogens is 449 g/mol. The number of aryl methyl sites for hydroxylation is 1. The molecule has 5 heterocycles. The van der Waals surface area contributed by atoms with Gasteiger partial charge in [0.05, 0.1) is 17.9 Å². The van der Waals surface area contributed by atoms with Gasteiger partial charge in [0.15, 0.2) is 5.03 Å². The van der Waals surface area contributed by atoms with E-state index in [0.29, 0.717) is 32.7 Å². The molecule has 1 saturated heterocycles. The highest BCUT2D eigenvalue weighted by molar-refractivity contribution is 7.89. The average Bonchev–Trinajstić information content (AvgIpc) is 3.58. The van der Waals surface area contributed by atoms with E-state index in [-0.39, 0.29) is 5.03 Å². The number of aromatic amines is 1. The van der Waals surface area contributed by atoms with Crippen molar-refractivity contribution in [3.8, 4) is 11.3 Å². The van der Waals surface area contributed by atoms with E-state index in [0.717, 1.165) is 22.3 Å². The molecule has 1 aliphatic rings. The molecule has 5 rings (SSSR count). The molecule has 0 aromatic carbocycles. The van der Waals surface area contributed by atoms with Crippen molar-refractivity contribution >= 4 is 21.1 Å². The van der Waals surface area contributed by atoms with Crippen molar-refractivity contribution in [1.29, 1.82) is 0 Å². The number of piperazine rings is 1. The van der Waals surface area contributed by atoms with Crippen molar-refractivity contribution in [2.45, 2.75) is 11.1 Å². The molecule has 1 fully saturated rings. The van der Waals surface area contributed by atoms with E-state index < -0.39 is 22.7 Å². The molecule has 0 amide bonds. The fourth-order valence-electron chi connectivity index (χ4n) is 4.08. The zero-order valence-electron chi connectivity index (χ0n) is 18.0. The summed E-state index contributed by atoms with van der Waals surface area (Å²) in [7, 11) is -1.94. The summed E-state index contributed by atoms with van der Waals surface area (Å²) in [6, 6.07) is 2.91. The molecule has 4 aromatic rings. The van der Waals surface area contributed by atoms with Gasteiger partial charge in [-0.2, -0.15) is 14.5 Å². The number of H-pyrrole nitrogens is 1. The predicted octanol–water partition coefficient (Wildman–Crippen LogP) is 1.07. The third-order valence-electron chi connectivity index (χ3n) is 5.87. The number of nitrogens with zero attached hydrogens (tertiary/aromatic N) is 8. The molecule has 33 heavy (non-hydrogen) atoms. The maximum Gasteiger partial charge on any atom is 0.262 e. The first kappa shape index (κ1) is 21.7. The van der Waals surface area contributed by atoms with Gasteiger partial charge in [0, 0.05) is 69.3 Å². The summed E-state index contributed by atoms with van der Waals surface area (Å²) in [6.07, 6.45) is 8.35. The van der Waals surface area contributed by atoms with Crippen molar-refractivity contribution in [3.63, 3.8) is 0 Å². The normalized spacial score (nSPS) is 17.0. The van der Waals surface area contributed by atoms with Crippen molar-refractivity contribution in [2.24, 2.45) is 7.05 Å². The SMILES string of the molecule is Cn1ccc(S(=O)(=O)N2CCN(CC(CF)n3cc(-c4ncnc5[nH]ccc45)cn3)CC2)n1. The summed E-state index contributed by atoms with van der Waals surface area (Å²) >= 11 is 0. The fraction of sp³-hybridized carbons (Fsp3) is 0.400. The summed E-state index contributed by atoms with van der Waals surface area (Å²) in [4.78, 5) is 13.7. The van der Waals surface area contributed by atoms with Gasteiger partial charge in [-0.25, -0.2) is 22.8 Å². The summed E-state index contributed by atoms with van der Waals surface area (Å²) < 4.78 is 44.0. The molecule has 0 saturated carbocycles. The largest absolute Gasteiger partial charge is 0.346 e. The van der Waals surface area contributed by atoms with Crippen LogP contribution in [0, 0.1) is 0 Å². The third kappa shape index (κ3) is 4.14. The van der Waals surface area contributed by atoms with Crippen LogP contribution >= 0.6 is 0 Å². The highest BCUT2D eigenvalue weighted by Gasteiger charge is 2.31. The molecule has 1 aliphatic heterocycles. The lowest BCUT2D eigenvalue weighted by atomic mass is 10.2. The quantitative estimate of drug-likeness (QED) is 0.427. The first-order chi connectivity index (χ1) is 16.0. The Morgan fingerprint density at radius 2 is 2.00 bits per heavy atom. The number of hydrogen-bond donors (Lipinski definition) is 1. The Balaban J connectivity index is 1.25. The minimum absolute atomic E-state index is 0.0467. The van der Waals surface area contributed by atoms with Crippen LogP contribution in [0.4, 0.5) is 4.39 Å². The van der Waals surface area contributed by atoms with Gasteiger partial charge < -0.3 is 4.98 Å². The van der Waals surface area contributed by atoms with Gasteiger partial charge in [-0.1, -0.05) is 0 Å². The molecule has 0 radical (unpaired) electrons. The molecular formula is C20H24FN9O2S. The maximum absolute atomic E-state index is 14.0. The minimum atomic E-state index is -3.62. The molecule has 174 valence electrons. The highest BCUT2D eigenvalue weighted by Crippen LogP contribution is 2.25. The summed E-state index contributed by atoms with van der Waals surface area (Å²) in [5.41, 5.74) is 2.25. The lowest BCUT2D eigenvalue weighted by Crippen LogP contribution is -2.50. The Labute approximate surface area is 189 Å². The van der Waals surface area contributed by atoms with E-state index >= 15 is 0 Å². The van der Waals surface area contributed by atoms with Crippen LogP contribution in [-0.4, -0.2) is 91.5 Å². The number of nitrogens with one attached hydrogen (secondary N) is 1. The number of fused-ring (bicyclic) bond motifs is 1. The highest BCUT2D eigenvalue weighted by atomic mass is 32.2. The maximum atomic E-state index is 14.0. The van der Waals surface area contributed by atoms with Crippen LogP contribution in [0.5, 0.6) is 0 Å². The van der Waals surface area contributed by atoms with E-state index in [1.807, 2.05) is 6.07 Å². The second-order valence-electron chi connectivity index (χ2n) is 8.01. The monoisotopic (exact) mass is 473 g/mol. The Morgan fingerprint density at radius 1 is 1.18 bits per heavy atom. The van der Waals surface area contributed by atoms with Crippen molar-refractivity contribution in [3.05, 3.63) is 43.2 Å². The van der Waals surface area contributed by atoms with Crippen LogP contribution in [0.15, 0.2) is 48.3 Å². The zero-order chi connectivity index (χ0) is 23.0. The summed E-state index contributed by atoms with van der Waals surface area (Å²) in [6.45, 7) is 1.51. The molecule has 0 bridgehead atoms. The third-order valence-corrected chi connectivity index (χ3v) is 7.67. The number of hydrogen-bond acceptors (Lipinski definition) is 7. The van der Waals surface area contributed by atoms with Gasteiger partial charge >= 0.3 is 0 Å². The molecule has 1 atom stereocenters. The van der Waals surface area contributed by atoms with E-state index in [4.69, 9.17) is 0 Å². The van der Waals surface area contributed by atoms with Gasteiger partial charge in [-0.3, -0.25) is 14.3 Å². The van der Waals surface area contributed by atoms with E-state index in [2.05, 4.69) is 30.0 Å². The lowest BCUT2D eigenvalue weighted by Gasteiger charge is -2.35. The van der Waals surface area contributed by atoms with Gasteiger partial charge in [-0.05, 0) is 12.1 Å². The Kier molecular flexibility index (Phi) is 5.68. The second kappa shape index (κ2) is 8.65. The molecule has 1 N–H and O–H groups in total. The Hall–Kier alpha value is -3.16. The fourth-order valence-corrected chi connectivity index (χ4v) is 5.45. The molecule has 1 unspecified atom stereocenters. The first-order valence-corrected chi connectivity index (χ1v) is 12.0. The summed E-state index contributed by atoms with van der Waals surface area (Å²) in [5, 5.41) is 9.32. The number of halogens is 1. The molecule has 4 aromatic heterocycles. The second-order valence-corrected chi connectivity index (χ2v) is 9.90. The van der Waals surface area contributed by atoms with Crippen molar-refractivity contribution in [2.75, 3.05) is 39.4 Å². The van der Waals surface area contributed by atoms with Crippen LogP contribution in [0.3, 0.4) is 0 Å². The van der Waals surface area contributed by atoms with Gasteiger partial charge in [0.2, 0.25) is 0 Å². The Bertz CT molecular complexity index is 1350. The number of alkyl halides is 1. The van der Waals surface area contributed by atoms with Crippen LogP contribution in [0.2, 0.25) is 0 Å². The Morgan fingerprint density at radius 3 is 2.73 bits per heavy atom. The minimum Gasteiger partial charge on any atom is -0.346 e. The first-order valence-electron chi connectivity index (χ1n) is 10.6. The average molecular weight is 474 g/mol. The predicted molar refractivity (Wildman–Crippen MR) is 119 cm³/mol. The van der Waals surface area contributed by atoms with E-state index in [1.165, 1.54) is 21.4 Å². The van der Waals surface area contributed by atoms with Gasteiger partial charge in [0.25, 0.3) is 10.0 Å².